The molecule has 0 amide bonds. The molecule has 1 fully saturated rings. The molecular formula is C8H15NaO5S. The van der Waals surface area contributed by atoms with Crippen LogP contribution in [0.1, 0.15) is 32.1 Å². The van der Waals surface area contributed by atoms with Gasteiger partial charge in [-0.2, -0.15) is 0 Å². The minimum Gasteiger partial charge on any atom is -0.746 e. The van der Waals surface area contributed by atoms with Crippen LogP contribution < -0.4 is 29.6 Å². The van der Waals surface area contributed by atoms with Crippen molar-refractivity contribution >= 4 is 10.1 Å². The standard InChI is InChI=1S/C8H16O5S.Na/c1-13-8(5-3-2-4-6-8)7(9)14(10,11)12;/h7,9H,2-6H2,1H3,(H,10,11,12);/q;+1/p-1. The smallest absolute Gasteiger partial charge is 0.746 e. The van der Waals surface area contributed by atoms with E-state index in [1.165, 1.54) is 7.11 Å². The zero-order valence-electron chi connectivity index (χ0n) is 9.10. The van der Waals surface area contributed by atoms with Gasteiger partial charge in [0.25, 0.3) is 0 Å². The summed E-state index contributed by atoms with van der Waals surface area (Å²) >= 11 is 0. The molecule has 0 aromatic rings. The number of hydrogen-bond acceptors (Lipinski definition) is 5. The molecular weight excluding hydrogens is 231 g/mol. The summed E-state index contributed by atoms with van der Waals surface area (Å²) in [5, 5.41) is 9.44. The molecule has 1 saturated carbocycles. The van der Waals surface area contributed by atoms with Crippen LogP contribution in [-0.2, 0) is 14.9 Å². The van der Waals surface area contributed by atoms with Crippen molar-refractivity contribution in [1.29, 1.82) is 0 Å². The first-order valence-corrected chi connectivity index (χ1v) is 6.07. The molecule has 0 aliphatic heterocycles. The van der Waals surface area contributed by atoms with Gasteiger partial charge in [0.05, 0.1) is 0 Å². The summed E-state index contributed by atoms with van der Waals surface area (Å²) in [6, 6.07) is 0. The minimum absolute atomic E-state index is 0. The van der Waals surface area contributed by atoms with Crippen LogP contribution in [0.2, 0.25) is 0 Å². The third-order valence-corrected chi connectivity index (χ3v) is 3.81. The summed E-state index contributed by atoms with van der Waals surface area (Å²) in [6.07, 6.45) is 3.38. The Morgan fingerprint density at radius 2 is 1.80 bits per heavy atom. The van der Waals surface area contributed by atoms with Crippen molar-refractivity contribution in [3.8, 4) is 0 Å². The Bertz CT molecular complexity index is 283. The molecule has 1 rings (SSSR count). The summed E-state index contributed by atoms with van der Waals surface area (Å²) in [5.41, 5.74) is -3.13. The van der Waals surface area contributed by atoms with Gasteiger partial charge in [0.15, 0.2) is 5.44 Å². The average molecular weight is 246 g/mol. The van der Waals surface area contributed by atoms with Gasteiger partial charge in [0, 0.05) is 7.11 Å². The summed E-state index contributed by atoms with van der Waals surface area (Å²) in [4.78, 5) is 0. The molecule has 0 aromatic carbocycles. The van der Waals surface area contributed by atoms with Gasteiger partial charge in [-0.05, 0) is 12.8 Å². The predicted octanol–water partition coefficient (Wildman–Crippen LogP) is -2.80. The second-order valence-electron chi connectivity index (χ2n) is 3.67. The van der Waals surface area contributed by atoms with Crippen LogP contribution in [0, 0.1) is 0 Å². The van der Waals surface area contributed by atoms with Gasteiger partial charge in [-0.15, -0.1) is 0 Å². The molecule has 15 heavy (non-hydrogen) atoms. The summed E-state index contributed by atoms with van der Waals surface area (Å²) in [5.74, 6) is 0. The van der Waals surface area contributed by atoms with Crippen molar-refractivity contribution in [3.63, 3.8) is 0 Å². The largest absolute Gasteiger partial charge is 1.00 e. The molecule has 1 unspecified atom stereocenters. The molecule has 1 aliphatic carbocycles. The first-order chi connectivity index (χ1) is 6.42. The maximum Gasteiger partial charge on any atom is 1.00 e. The van der Waals surface area contributed by atoms with Gasteiger partial charge in [0.2, 0.25) is 0 Å². The third-order valence-electron chi connectivity index (χ3n) is 2.83. The van der Waals surface area contributed by atoms with E-state index in [1.54, 1.807) is 0 Å². The fourth-order valence-corrected chi connectivity index (χ4v) is 2.82. The van der Waals surface area contributed by atoms with Crippen LogP contribution >= 0.6 is 0 Å². The van der Waals surface area contributed by atoms with Crippen molar-refractivity contribution in [2.24, 2.45) is 0 Å². The SMILES string of the molecule is COC1(C(O)S(=O)(=O)[O-])CCCCC1.[Na+]. The Balaban J connectivity index is 0.00000196. The van der Waals surface area contributed by atoms with Crippen LogP contribution in [0.3, 0.4) is 0 Å². The molecule has 84 valence electrons. The first-order valence-electron chi connectivity index (χ1n) is 4.60. The zero-order chi connectivity index (χ0) is 10.8. The van der Waals surface area contributed by atoms with Crippen molar-refractivity contribution < 1.29 is 52.4 Å². The minimum atomic E-state index is -4.69. The molecule has 0 aromatic heterocycles. The molecule has 1 N–H and O–H groups in total. The monoisotopic (exact) mass is 246 g/mol. The topological polar surface area (TPSA) is 86.7 Å². The van der Waals surface area contributed by atoms with E-state index < -0.39 is 21.2 Å². The van der Waals surface area contributed by atoms with Gasteiger partial charge >= 0.3 is 29.6 Å². The summed E-state index contributed by atoms with van der Waals surface area (Å²) < 4.78 is 37.2. The molecule has 5 nitrogen and oxygen atoms in total. The van der Waals surface area contributed by atoms with Crippen LogP contribution in [0.4, 0.5) is 0 Å². The van der Waals surface area contributed by atoms with E-state index in [2.05, 4.69) is 0 Å². The normalized spacial score (nSPS) is 22.9. The molecule has 1 aliphatic rings. The summed E-state index contributed by atoms with van der Waals surface area (Å²) in [7, 11) is -3.36. The van der Waals surface area contributed by atoms with Gasteiger partial charge < -0.3 is 14.4 Å². The van der Waals surface area contributed by atoms with Crippen molar-refractivity contribution in [3.05, 3.63) is 0 Å². The van der Waals surface area contributed by atoms with Crippen molar-refractivity contribution in [2.75, 3.05) is 7.11 Å². The van der Waals surface area contributed by atoms with Crippen LogP contribution in [-0.4, -0.2) is 36.2 Å². The Hall–Kier alpha value is 0.830. The first kappa shape index (κ1) is 15.8. The van der Waals surface area contributed by atoms with Crippen molar-refractivity contribution in [1.82, 2.24) is 0 Å². The molecule has 0 saturated heterocycles. The molecule has 0 bridgehead atoms. The molecule has 0 spiro atoms. The van der Waals surface area contributed by atoms with Crippen LogP contribution in [0.15, 0.2) is 0 Å². The summed E-state index contributed by atoms with van der Waals surface area (Å²) in [6.45, 7) is 0. The Morgan fingerprint density at radius 3 is 2.13 bits per heavy atom. The molecule has 0 heterocycles. The van der Waals surface area contributed by atoms with Gasteiger partial charge in [-0.1, -0.05) is 19.3 Å². The number of ether oxygens (including phenoxy) is 1. The van der Waals surface area contributed by atoms with E-state index in [1.807, 2.05) is 0 Å². The number of methoxy groups -OCH3 is 1. The van der Waals surface area contributed by atoms with Gasteiger partial charge in [-0.25, -0.2) is 8.42 Å². The second-order valence-corrected chi connectivity index (χ2v) is 5.11. The second kappa shape index (κ2) is 5.95. The van der Waals surface area contributed by atoms with E-state index in [0.29, 0.717) is 12.8 Å². The van der Waals surface area contributed by atoms with E-state index in [0.717, 1.165) is 19.3 Å². The predicted molar refractivity (Wildman–Crippen MR) is 48.5 cm³/mol. The quantitative estimate of drug-likeness (QED) is 0.429. The number of aliphatic hydroxyl groups excluding tert-OH is 1. The maximum absolute atomic E-state index is 10.7. The van der Waals surface area contributed by atoms with E-state index >= 15 is 0 Å². The fraction of sp³-hybridized carbons (Fsp3) is 1.00. The van der Waals surface area contributed by atoms with Crippen LogP contribution in [0.25, 0.3) is 0 Å². The third kappa shape index (κ3) is 3.66. The van der Waals surface area contributed by atoms with Crippen molar-refractivity contribution in [2.45, 2.75) is 43.1 Å². The Morgan fingerprint density at radius 1 is 1.33 bits per heavy atom. The average Bonchev–Trinajstić information content (AvgIpc) is 2.16. The molecule has 1 atom stereocenters. The van der Waals surface area contributed by atoms with E-state index in [-0.39, 0.29) is 29.6 Å². The van der Waals surface area contributed by atoms with E-state index in [9.17, 15) is 18.1 Å². The number of rotatable bonds is 3. The number of aliphatic hydroxyl groups is 1. The molecule has 0 radical (unpaired) electrons. The zero-order valence-corrected chi connectivity index (χ0v) is 11.9. The Kier molecular flexibility index (Phi) is 6.28. The van der Waals surface area contributed by atoms with E-state index in [4.69, 9.17) is 4.74 Å². The number of hydrogen-bond donors (Lipinski definition) is 1. The Labute approximate surface area is 112 Å². The maximum atomic E-state index is 10.7. The molecule has 7 heteroatoms. The van der Waals surface area contributed by atoms with Gasteiger partial charge in [0.1, 0.15) is 15.7 Å². The van der Waals surface area contributed by atoms with Gasteiger partial charge in [-0.3, -0.25) is 0 Å². The fourth-order valence-electron chi connectivity index (χ4n) is 1.97. The van der Waals surface area contributed by atoms with Crippen LogP contribution in [0.5, 0.6) is 0 Å².